The highest BCUT2D eigenvalue weighted by atomic mass is 16.5. The van der Waals surface area contributed by atoms with Crippen molar-refractivity contribution in [3.8, 4) is 5.88 Å². The molecular weight excluding hydrogens is 266 g/mol. The summed E-state index contributed by atoms with van der Waals surface area (Å²) in [7, 11) is 0. The van der Waals surface area contributed by atoms with Crippen molar-refractivity contribution in [2.24, 2.45) is 5.84 Å². The topological polar surface area (TPSA) is 76.3 Å². The van der Waals surface area contributed by atoms with E-state index in [9.17, 15) is 0 Å². The highest BCUT2D eigenvalue weighted by Crippen LogP contribution is 2.22. The van der Waals surface area contributed by atoms with E-state index < -0.39 is 0 Å². The first-order valence-electron chi connectivity index (χ1n) is 7.94. The van der Waals surface area contributed by atoms with Crippen LogP contribution in [0.4, 0.5) is 5.82 Å². The number of hydrogen-bond donors (Lipinski definition) is 2. The molecule has 0 spiro atoms. The molecule has 0 unspecified atom stereocenters. The van der Waals surface area contributed by atoms with Gasteiger partial charge in [0.25, 0.3) is 0 Å². The number of ether oxygens (including phenoxy) is 1. The van der Waals surface area contributed by atoms with Crippen LogP contribution in [0.5, 0.6) is 5.88 Å². The normalized spacial score (nSPS) is 16.0. The lowest BCUT2D eigenvalue weighted by molar-refractivity contribution is 0.180. The molecule has 0 bridgehead atoms. The Balaban J connectivity index is 1.95. The summed E-state index contributed by atoms with van der Waals surface area (Å²) in [6.07, 6.45) is 5.79. The monoisotopic (exact) mass is 293 g/mol. The lowest BCUT2D eigenvalue weighted by Gasteiger charge is -2.26. The zero-order valence-corrected chi connectivity index (χ0v) is 13.2. The van der Waals surface area contributed by atoms with E-state index in [4.69, 9.17) is 10.6 Å². The Morgan fingerprint density at radius 1 is 1.24 bits per heavy atom. The van der Waals surface area contributed by atoms with Crippen molar-refractivity contribution in [3.05, 3.63) is 11.4 Å². The molecule has 1 aromatic rings. The van der Waals surface area contributed by atoms with E-state index in [0.717, 1.165) is 30.8 Å². The highest BCUT2D eigenvalue weighted by Gasteiger charge is 2.13. The van der Waals surface area contributed by atoms with Crippen LogP contribution < -0.4 is 16.0 Å². The Bertz CT molecular complexity index is 446. The number of aromatic nitrogens is 2. The first-order valence-corrected chi connectivity index (χ1v) is 7.94. The second-order valence-electron chi connectivity index (χ2n) is 5.56. The zero-order chi connectivity index (χ0) is 15.1. The fourth-order valence-corrected chi connectivity index (χ4v) is 2.61. The van der Waals surface area contributed by atoms with Crippen LogP contribution in [0.15, 0.2) is 0 Å². The Morgan fingerprint density at radius 3 is 2.67 bits per heavy atom. The predicted octanol–water partition coefficient (Wildman–Crippen LogP) is 1.89. The van der Waals surface area contributed by atoms with Crippen molar-refractivity contribution >= 4 is 5.82 Å². The molecule has 0 aromatic carbocycles. The van der Waals surface area contributed by atoms with Gasteiger partial charge in [0.1, 0.15) is 18.2 Å². The summed E-state index contributed by atoms with van der Waals surface area (Å²) in [5, 5.41) is 0. The largest absolute Gasteiger partial charge is 0.476 e. The van der Waals surface area contributed by atoms with E-state index in [-0.39, 0.29) is 0 Å². The third kappa shape index (κ3) is 4.54. The van der Waals surface area contributed by atoms with Gasteiger partial charge in [0.2, 0.25) is 5.88 Å². The Morgan fingerprint density at radius 2 is 2.00 bits per heavy atom. The van der Waals surface area contributed by atoms with Gasteiger partial charge in [-0.05, 0) is 39.3 Å². The van der Waals surface area contributed by atoms with Crippen LogP contribution in [0.3, 0.4) is 0 Å². The maximum atomic E-state index is 5.88. The van der Waals surface area contributed by atoms with Crippen LogP contribution in [0.2, 0.25) is 0 Å². The number of piperidine rings is 1. The molecule has 0 amide bonds. The van der Waals surface area contributed by atoms with Crippen LogP contribution in [-0.4, -0.2) is 41.1 Å². The second-order valence-corrected chi connectivity index (χ2v) is 5.56. The van der Waals surface area contributed by atoms with E-state index in [0.29, 0.717) is 18.3 Å². The maximum Gasteiger partial charge on any atom is 0.221 e. The first kappa shape index (κ1) is 16.0. The molecule has 1 saturated heterocycles. The molecule has 1 aliphatic heterocycles. The van der Waals surface area contributed by atoms with Gasteiger partial charge < -0.3 is 10.2 Å². The number of likely N-dealkylation sites (tertiary alicyclic amines) is 1. The van der Waals surface area contributed by atoms with Gasteiger partial charge in [-0.25, -0.2) is 10.8 Å². The average Bonchev–Trinajstić information content (AvgIpc) is 2.51. The SMILES string of the molecule is CCCc1nc(NN)c(C)c(OCCN2CCCCC2)n1. The quantitative estimate of drug-likeness (QED) is 0.590. The average molecular weight is 293 g/mol. The van der Waals surface area contributed by atoms with Gasteiger partial charge in [-0.2, -0.15) is 4.98 Å². The van der Waals surface area contributed by atoms with E-state index in [2.05, 4.69) is 27.2 Å². The number of hydrogen-bond acceptors (Lipinski definition) is 6. The van der Waals surface area contributed by atoms with Gasteiger partial charge in [0.15, 0.2) is 0 Å². The van der Waals surface area contributed by atoms with Crippen molar-refractivity contribution < 1.29 is 4.74 Å². The van der Waals surface area contributed by atoms with Crippen molar-refractivity contribution in [3.63, 3.8) is 0 Å². The smallest absolute Gasteiger partial charge is 0.221 e. The fraction of sp³-hybridized carbons (Fsp3) is 0.733. The Hall–Kier alpha value is -1.40. The fourth-order valence-electron chi connectivity index (χ4n) is 2.61. The number of anilines is 1. The van der Waals surface area contributed by atoms with Crippen molar-refractivity contribution in [1.29, 1.82) is 0 Å². The minimum Gasteiger partial charge on any atom is -0.476 e. The van der Waals surface area contributed by atoms with Crippen molar-refractivity contribution in [2.75, 3.05) is 31.7 Å². The summed E-state index contributed by atoms with van der Waals surface area (Å²) in [4.78, 5) is 11.4. The summed E-state index contributed by atoms with van der Waals surface area (Å²) in [5.74, 6) is 7.61. The van der Waals surface area contributed by atoms with Gasteiger partial charge in [-0.3, -0.25) is 4.90 Å². The Labute approximate surface area is 127 Å². The zero-order valence-electron chi connectivity index (χ0n) is 13.2. The summed E-state index contributed by atoms with van der Waals surface area (Å²) in [5.41, 5.74) is 3.50. The maximum absolute atomic E-state index is 5.88. The minimum atomic E-state index is 0.651. The molecule has 0 aliphatic carbocycles. The minimum absolute atomic E-state index is 0.651. The molecule has 1 aliphatic rings. The number of hydrazine groups is 1. The summed E-state index contributed by atoms with van der Waals surface area (Å²) in [6, 6.07) is 0. The number of nitrogens with one attached hydrogen (secondary N) is 1. The predicted molar refractivity (Wildman–Crippen MR) is 84.4 cm³/mol. The molecule has 3 N–H and O–H groups in total. The van der Waals surface area contributed by atoms with Crippen LogP contribution in [0, 0.1) is 6.92 Å². The molecule has 2 heterocycles. The first-order chi connectivity index (χ1) is 10.2. The van der Waals surface area contributed by atoms with Gasteiger partial charge in [-0.15, -0.1) is 0 Å². The molecule has 6 heteroatoms. The number of rotatable bonds is 7. The van der Waals surface area contributed by atoms with Crippen molar-refractivity contribution in [2.45, 2.75) is 46.0 Å². The lowest BCUT2D eigenvalue weighted by atomic mass is 10.1. The van der Waals surface area contributed by atoms with Gasteiger partial charge >= 0.3 is 0 Å². The van der Waals surface area contributed by atoms with E-state index in [1.54, 1.807) is 0 Å². The lowest BCUT2D eigenvalue weighted by Crippen LogP contribution is -2.33. The molecule has 118 valence electrons. The second kappa shape index (κ2) is 8.14. The molecule has 0 radical (unpaired) electrons. The van der Waals surface area contributed by atoms with Gasteiger partial charge in [-0.1, -0.05) is 13.3 Å². The summed E-state index contributed by atoms with van der Waals surface area (Å²) < 4.78 is 5.88. The summed E-state index contributed by atoms with van der Waals surface area (Å²) in [6.45, 7) is 8.02. The van der Waals surface area contributed by atoms with E-state index in [1.807, 2.05) is 6.92 Å². The molecule has 1 fully saturated rings. The Kier molecular flexibility index (Phi) is 6.20. The number of aryl methyl sites for hydroxylation is 1. The van der Waals surface area contributed by atoms with Crippen LogP contribution in [-0.2, 0) is 6.42 Å². The molecule has 0 saturated carbocycles. The molecular formula is C15H27N5O. The number of nitrogen functional groups attached to an aromatic ring is 1. The van der Waals surface area contributed by atoms with Crippen LogP contribution >= 0.6 is 0 Å². The van der Waals surface area contributed by atoms with Gasteiger partial charge in [0.05, 0.1) is 5.56 Å². The third-order valence-corrected chi connectivity index (χ3v) is 3.85. The molecule has 2 rings (SSSR count). The molecule has 6 nitrogen and oxygen atoms in total. The number of nitrogens with zero attached hydrogens (tertiary/aromatic N) is 3. The third-order valence-electron chi connectivity index (χ3n) is 3.85. The highest BCUT2D eigenvalue weighted by molar-refractivity contribution is 5.47. The molecule has 1 aromatic heterocycles. The van der Waals surface area contributed by atoms with E-state index >= 15 is 0 Å². The standard InChI is InChI=1S/C15H27N5O/c1-3-7-13-17-14(19-16)12(2)15(18-13)21-11-10-20-8-5-4-6-9-20/h3-11,16H2,1-2H3,(H,17,18,19). The van der Waals surface area contributed by atoms with Crippen LogP contribution in [0.25, 0.3) is 0 Å². The number of nitrogens with two attached hydrogens (primary N) is 1. The molecule has 21 heavy (non-hydrogen) atoms. The van der Waals surface area contributed by atoms with Gasteiger partial charge in [0, 0.05) is 13.0 Å². The van der Waals surface area contributed by atoms with Crippen molar-refractivity contribution in [1.82, 2.24) is 14.9 Å². The summed E-state index contributed by atoms with van der Waals surface area (Å²) >= 11 is 0. The van der Waals surface area contributed by atoms with Crippen LogP contribution in [0.1, 0.15) is 44.0 Å². The van der Waals surface area contributed by atoms with E-state index in [1.165, 1.54) is 32.4 Å². The molecule has 0 atom stereocenters.